The molecule has 0 bridgehead atoms. The van der Waals surface area contributed by atoms with Crippen molar-refractivity contribution in [2.75, 3.05) is 6.61 Å². The topological polar surface area (TPSA) is 29.5 Å². The van der Waals surface area contributed by atoms with Crippen LogP contribution < -0.4 is 4.74 Å². The average molecular weight is 258 g/mol. The molecular formula is C16H15FO2. The van der Waals surface area contributed by atoms with E-state index >= 15 is 0 Å². The van der Waals surface area contributed by atoms with E-state index in [-0.39, 0.29) is 22.7 Å². The Morgan fingerprint density at radius 3 is 2.42 bits per heavy atom. The van der Waals surface area contributed by atoms with Gasteiger partial charge in [-0.1, -0.05) is 30.3 Å². The molecule has 98 valence electrons. The van der Waals surface area contributed by atoms with E-state index in [9.17, 15) is 9.50 Å². The summed E-state index contributed by atoms with van der Waals surface area (Å²) < 4.78 is 19.1. The maximum atomic E-state index is 13.5. The van der Waals surface area contributed by atoms with Gasteiger partial charge in [-0.2, -0.15) is 0 Å². The highest BCUT2D eigenvalue weighted by molar-refractivity contribution is 5.42. The first-order valence-electron chi connectivity index (χ1n) is 6.37. The van der Waals surface area contributed by atoms with Gasteiger partial charge in [0.15, 0.2) is 11.6 Å². The van der Waals surface area contributed by atoms with Crippen molar-refractivity contribution in [1.29, 1.82) is 0 Å². The zero-order valence-corrected chi connectivity index (χ0v) is 10.5. The van der Waals surface area contributed by atoms with E-state index in [1.807, 2.05) is 12.1 Å². The fourth-order valence-corrected chi connectivity index (χ4v) is 2.34. The van der Waals surface area contributed by atoms with Crippen LogP contribution in [0.25, 0.3) is 0 Å². The molecular weight excluding hydrogens is 243 g/mol. The van der Waals surface area contributed by atoms with E-state index in [2.05, 4.69) is 0 Å². The molecule has 2 aromatic rings. The fraction of sp³-hybridized carbons (Fsp3) is 0.250. The van der Waals surface area contributed by atoms with E-state index in [0.29, 0.717) is 6.61 Å². The van der Waals surface area contributed by atoms with E-state index in [0.717, 1.165) is 18.4 Å². The van der Waals surface area contributed by atoms with Crippen LogP contribution in [0, 0.1) is 5.82 Å². The lowest BCUT2D eigenvalue weighted by molar-refractivity contribution is 0.263. The Hall–Kier alpha value is -2.03. The number of phenols is 1. The normalized spacial score (nSPS) is 16.1. The maximum Gasteiger partial charge on any atom is 0.165 e. The zero-order chi connectivity index (χ0) is 13.3. The third-order valence-electron chi connectivity index (χ3n) is 3.67. The Kier molecular flexibility index (Phi) is 2.90. The number of rotatable bonds is 4. The Balaban J connectivity index is 1.77. The van der Waals surface area contributed by atoms with Crippen LogP contribution in [0.3, 0.4) is 0 Å². The van der Waals surface area contributed by atoms with Gasteiger partial charge in [0.1, 0.15) is 5.75 Å². The molecule has 0 amide bonds. The van der Waals surface area contributed by atoms with E-state index in [1.165, 1.54) is 6.07 Å². The summed E-state index contributed by atoms with van der Waals surface area (Å²) in [4.78, 5) is 0. The first-order valence-corrected chi connectivity index (χ1v) is 6.37. The molecule has 0 atom stereocenters. The van der Waals surface area contributed by atoms with Crippen molar-refractivity contribution in [3.05, 3.63) is 59.9 Å². The van der Waals surface area contributed by atoms with Crippen LogP contribution in [0.5, 0.6) is 11.5 Å². The number of benzene rings is 2. The summed E-state index contributed by atoms with van der Waals surface area (Å²) in [7, 11) is 0. The van der Waals surface area contributed by atoms with Crippen LogP contribution in [0.4, 0.5) is 4.39 Å². The minimum atomic E-state index is -0.351. The van der Waals surface area contributed by atoms with Crippen LogP contribution in [0.2, 0.25) is 0 Å². The van der Waals surface area contributed by atoms with Crippen LogP contribution in [-0.4, -0.2) is 11.7 Å². The lowest BCUT2D eigenvalue weighted by Gasteiger charge is -2.18. The Labute approximate surface area is 111 Å². The second-order valence-electron chi connectivity index (χ2n) is 5.02. The molecule has 19 heavy (non-hydrogen) atoms. The lowest BCUT2D eigenvalue weighted by Crippen LogP contribution is -2.18. The van der Waals surface area contributed by atoms with Crippen molar-refractivity contribution in [2.24, 2.45) is 0 Å². The van der Waals surface area contributed by atoms with Crippen molar-refractivity contribution in [1.82, 2.24) is 0 Å². The summed E-state index contributed by atoms with van der Waals surface area (Å²) in [6, 6.07) is 13.7. The lowest BCUT2D eigenvalue weighted by atomic mass is 9.96. The van der Waals surface area contributed by atoms with Crippen molar-refractivity contribution in [3.8, 4) is 11.5 Å². The third-order valence-corrected chi connectivity index (χ3v) is 3.67. The second kappa shape index (κ2) is 4.57. The second-order valence-corrected chi connectivity index (χ2v) is 5.02. The Bertz CT molecular complexity index is 591. The van der Waals surface area contributed by atoms with Gasteiger partial charge in [0.25, 0.3) is 0 Å². The summed E-state index contributed by atoms with van der Waals surface area (Å²) in [5, 5.41) is 9.91. The van der Waals surface area contributed by atoms with Crippen molar-refractivity contribution >= 4 is 0 Å². The monoisotopic (exact) mass is 258 g/mol. The van der Waals surface area contributed by atoms with Crippen LogP contribution in [0.15, 0.2) is 48.5 Å². The smallest absolute Gasteiger partial charge is 0.165 e. The first-order chi connectivity index (χ1) is 9.21. The highest BCUT2D eigenvalue weighted by atomic mass is 19.1. The molecule has 2 nitrogen and oxygen atoms in total. The van der Waals surface area contributed by atoms with Crippen LogP contribution in [-0.2, 0) is 5.41 Å². The first kappa shape index (κ1) is 12.0. The van der Waals surface area contributed by atoms with Crippen molar-refractivity contribution in [3.63, 3.8) is 0 Å². The summed E-state index contributed by atoms with van der Waals surface area (Å²) >= 11 is 0. The van der Waals surface area contributed by atoms with Gasteiger partial charge in [-0.05, 0) is 31.0 Å². The Morgan fingerprint density at radius 2 is 1.74 bits per heavy atom. The van der Waals surface area contributed by atoms with E-state index in [1.54, 1.807) is 30.3 Å². The number of ether oxygens (including phenoxy) is 1. The van der Waals surface area contributed by atoms with Gasteiger partial charge in [-0.3, -0.25) is 0 Å². The molecule has 0 aromatic heterocycles. The summed E-state index contributed by atoms with van der Waals surface area (Å²) in [6.45, 7) is 0.394. The van der Waals surface area contributed by atoms with E-state index < -0.39 is 0 Å². The molecule has 0 radical (unpaired) electrons. The number of hydrogen-bond acceptors (Lipinski definition) is 2. The van der Waals surface area contributed by atoms with E-state index in [4.69, 9.17) is 4.74 Å². The minimum absolute atomic E-state index is 0.159. The SMILES string of the molecule is Oc1ccccc1C1(COc2ccccc2F)CC1. The molecule has 0 saturated heterocycles. The molecule has 1 aliphatic carbocycles. The maximum absolute atomic E-state index is 13.5. The molecule has 0 heterocycles. The number of aromatic hydroxyl groups is 1. The molecule has 3 rings (SSSR count). The summed E-state index contributed by atoms with van der Waals surface area (Å²) in [6.07, 6.45) is 1.91. The van der Waals surface area contributed by atoms with Gasteiger partial charge in [-0.25, -0.2) is 4.39 Å². The van der Waals surface area contributed by atoms with Gasteiger partial charge < -0.3 is 9.84 Å². The average Bonchev–Trinajstić information content (AvgIpc) is 3.19. The number of phenolic OH excluding ortho intramolecular Hbond substituents is 1. The molecule has 1 fully saturated rings. The number of halogens is 1. The summed E-state index contributed by atoms with van der Waals surface area (Å²) in [5.41, 5.74) is 0.736. The van der Waals surface area contributed by atoms with Gasteiger partial charge in [0.2, 0.25) is 0 Å². The van der Waals surface area contributed by atoms with Crippen LogP contribution >= 0.6 is 0 Å². The van der Waals surface area contributed by atoms with Gasteiger partial charge in [0.05, 0.1) is 6.61 Å². The van der Waals surface area contributed by atoms with Crippen LogP contribution in [0.1, 0.15) is 18.4 Å². The van der Waals surface area contributed by atoms with Crippen molar-refractivity contribution in [2.45, 2.75) is 18.3 Å². The molecule has 0 aliphatic heterocycles. The Morgan fingerprint density at radius 1 is 1.05 bits per heavy atom. The number of hydrogen-bond donors (Lipinski definition) is 1. The van der Waals surface area contributed by atoms with Gasteiger partial charge >= 0.3 is 0 Å². The quantitative estimate of drug-likeness (QED) is 0.907. The molecule has 1 saturated carbocycles. The standard InChI is InChI=1S/C16H15FO2/c17-13-6-2-4-8-15(13)19-11-16(9-10-16)12-5-1-3-7-14(12)18/h1-8,18H,9-11H2. The highest BCUT2D eigenvalue weighted by Crippen LogP contribution is 2.51. The zero-order valence-electron chi connectivity index (χ0n) is 10.5. The fourth-order valence-electron chi connectivity index (χ4n) is 2.34. The molecule has 1 N–H and O–H groups in total. The number of para-hydroxylation sites is 2. The predicted molar refractivity (Wildman–Crippen MR) is 70.9 cm³/mol. The minimum Gasteiger partial charge on any atom is -0.508 e. The molecule has 3 heteroatoms. The van der Waals surface area contributed by atoms with Gasteiger partial charge in [-0.15, -0.1) is 0 Å². The summed E-state index contributed by atoms with van der Waals surface area (Å²) in [5.74, 6) is 0.205. The molecule has 2 aromatic carbocycles. The third kappa shape index (κ3) is 2.28. The highest BCUT2D eigenvalue weighted by Gasteiger charge is 2.46. The van der Waals surface area contributed by atoms with Crippen molar-refractivity contribution < 1.29 is 14.2 Å². The predicted octanol–water partition coefficient (Wildman–Crippen LogP) is 3.64. The molecule has 0 unspecified atom stereocenters. The molecule has 1 aliphatic rings. The molecule has 0 spiro atoms. The van der Waals surface area contributed by atoms with Gasteiger partial charge in [0, 0.05) is 11.0 Å². The largest absolute Gasteiger partial charge is 0.508 e.